The van der Waals surface area contributed by atoms with Crippen LogP contribution in [0.4, 0.5) is 10.9 Å². The van der Waals surface area contributed by atoms with Crippen LogP contribution in [0.15, 0.2) is 23.8 Å². The maximum Gasteiger partial charge on any atom is 0.210 e. The number of aromatic nitrogens is 6. The second-order valence-corrected chi connectivity index (χ2v) is 7.36. The molecule has 1 atom stereocenters. The van der Waals surface area contributed by atoms with E-state index in [0.29, 0.717) is 0 Å². The zero-order valence-electron chi connectivity index (χ0n) is 15.0. The van der Waals surface area contributed by atoms with Crippen molar-refractivity contribution in [1.29, 1.82) is 0 Å². The highest BCUT2D eigenvalue weighted by Crippen LogP contribution is 2.32. The lowest BCUT2D eigenvalue weighted by atomic mass is 9.98. The predicted molar refractivity (Wildman–Crippen MR) is 100 cm³/mol. The maximum atomic E-state index is 4.74. The molecule has 0 amide bonds. The Morgan fingerprint density at radius 1 is 1.31 bits per heavy atom. The summed E-state index contributed by atoms with van der Waals surface area (Å²) in [4.78, 5) is 11.7. The van der Waals surface area contributed by atoms with Gasteiger partial charge in [-0.1, -0.05) is 17.8 Å². The summed E-state index contributed by atoms with van der Waals surface area (Å²) in [5.74, 6) is 1.54. The van der Waals surface area contributed by atoms with Crippen LogP contribution >= 0.6 is 11.3 Å². The number of aryl methyl sites for hydroxylation is 2. The zero-order valence-corrected chi connectivity index (χ0v) is 15.8. The first kappa shape index (κ1) is 17.0. The number of hydrogen-bond acceptors (Lipinski definition) is 8. The first-order valence-corrected chi connectivity index (χ1v) is 9.67. The van der Waals surface area contributed by atoms with Crippen molar-refractivity contribution >= 4 is 22.3 Å². The van der Waals surface area contributed by atoms with Gasteiger partial charge in [-0.05, 0) is 32.4 Å². The molecule has 3 aromatic heterocycles. The van der Waals surface area contributed by atoms with Gasteiger partial charge in [0.1, 0.15) is 17.2 Å². The van der Waals surface area contributed by atoms with Gasteiger partial charge in [0.2, 0.25) is 5.13 Å². The molecular formula is C17H22N8S. The normalized spacial score (nSPS) is 18.2. The van der Waals surface area contributed by atoms with Gasteiger partial charge in [0.15, 0.2) is 0 Å². The second kappa shape index (κ2) is 7.46. The zero-order chi connectivity index (χ0) is 17.9. The number of rotatable bonds is 5. The molecule has 9 heteroatoms. The number of likely N-dealkylation sites (tertiary alicyclic amines) is 1. The molecule has 4 rings (SSSR count). The molecule has 0 spiro atoms. The fourth-order valence-electron chi connectivity index (χ4n) is 3.44. The van der Waals surface area contributed by atoms with Gasteiger partial charge in [-0.15, -0.1) is 10.2 Å². The molecule has 1 aliphatic rings. The summed E-state index contributed by atoms with van der Waals surface area (Å²) in [6.07, 6.45) is 5.39. The van der Waals surface area contributed by atoms with Crippen LogP contribution in [0.1, 0.15) is 42.5 Å². The van der Waals surface area contributed by atoms with Crippen LogP contribution in [0, 0.1) is 6.92 Å². The standard InChI is InChI=1S/C17H22N8S/c1-12-20-14(9-16(21-12)22-17-23-18-11-26-17)15-5-3-4-8-25(15)10-13-6-7-19-24(13)2/h6-7,9,11,15H,3-5,8,10H2,1-2H3,(H,20,21,22,23)/t15-/m0/s1. The molecule has 0 bridgehead atoms. The largest absolute Gasteiger partial charge is 0.315 e. The molecule has 1 N–H and O–H groups in total. The van der Waals surface area contributed by atoms with Gasteiger partial charge in [-0.3, -0.25) is 9.58 Å². The minimum atomic E-state index is 0.287. The molecule has 136 valence electrons. The van der Waals surface area contributed by atoms with E-state index in [4.69, 9.17) is 4.98 Å². The third-order valence-electron chi connectivity index (χ3n) is 4.70. The fourth-order valence-corrected chi connectivity index (χ4v) is 3.89. The minimum absolute atomic E-state index is 0.287. The Kier molecular flexibility index (Phi) is 4.89. The van der Waals surface area contributed by atoms with Crippen LogP contribution in [0.25, 0.3) is 0 Å². The summed E-state index contributed by atoms with van der Waals surface area (Å²) in [6, 6.07) is 4.41. The molecular weight excluding hydrogens is 348 g/mol. The fraction of sp³-hybridized carbons (Fsp3) is 0.471. The highest BCUT2D eigenvalue weighted by Gasteiger charge is 2.26. The van der Waals surface area contributed by atoms with Crippen molar-refractivity contribution in [2.24, 2.45) is 7.05 Å². The summed E-state index contributed by atoms with van der Waals surface area (Å²) >= 11 is 1.46. The van der Waals surface area contributed by atoms with Crippen LogP contribution in [-0.2, 0) is 13.6 Å². The monoisotopic (exact) mass is 370 g/mol. The second-order valence-electron chi connectivity index (χ2n) is 6.52. The van der Waals surface area contributed by atoms with Crippen LogP contribution in [0.2, 0.25) is 0 Å². The maximum absolute atomic E-state index is 4.74. The lowest BCUT2D eigenvalue weighted by molar-refractivity contribution is 0.133. The van der Waals surface area contributed by atoms with Crippen molar-refractivity contribution in [1.82, 2.24) is 34.8 Å². The van der Waals surface area contributed by atoms with Crippen LogP contribution in [0.3, 0.4) is 0 Å². The lowest BCUT2D eigenvalue weighted by Gasteiger charge is -2.35. The van der Waals surface area contributed by atoms with Crippen molar-refractivity contribution in [3.8, 4) is 0 Å². The predicted octanol–water partition coefficient (Wildman–Crippen LogP) is 2.84. The molecule has 1 aliphatic heterocycles. The van der Waals surface area contributed by atoms with Gasteiger partial charge in [0.05, 0.1) is 17.4 Å². The molecule has 1 saturated heterocycles. The Bertz CT molecular complexity index is 860. The van der Waals surface area contributed by atoms with E-state index in [-0.39, 0.29) is 6.04 Å². The number of nitrogens with one attached hydrogen (secondary N) is 1. The third-order valence-corrected chi connectivity index (χ3v) is 5.30. The van der Waals surface area contributed by atoms with E-state index < -0.39 is 0 Å². The Morgan fingerprint density at radius 2 is 2.23 bits per heavy atom. The van der Waals surface area contributed by atoms with E-state index in [9.17, 15) is 0 Å². The van der Waals surface area contributed by atoms with Gasteiger partial charge in [-0.2, -0.15) is 5.10 Å². The average Bonchev–Trinajstić information content (AvgIpc) is 3.27. The molecule has 1 fully saturated rings. The Morgan fingerprint density at radius 3 is 3.00 bits per heavy atom. The minimum Gasteiger partial charge on any atom is -0.315 e. The molecule has 8 nitrogen and oxygen atoms in total. The third kappa shape index (κ3) is 3.73. The van der Waals surface area contributed by atoms with Gasteiger partial charge < -0.3 is 5.32 Å². The van der Waals surface area contributed by atoms with Crippen LogP contribution in [0.5, 0.6) is 0 Å². The van der Waals surface area contributed by atoms with E-state index in [2.05, 4.69) is 36.6 Å². The van der Waals surface area contributed by atoms with Crippen molar-refractivity contribution in [3.05, 3.63) is 41.1 Å². The van der Waals surface area contributed by atoms with Gasteiger partial charge in [0, 0.05) is 25.9 Å². The number of nitrogens with zero attached hydrogens (tertiary/aromatic N) is 7. The first-order chi connectivity index (χ1) is 12.7. The van der Waals surface area contributed by atoms with Gasteiger partial charge in [0.25, 0.3) is 0 Å². The van der Waals surface area contributed by atoms with Crippen LogP contribution < -0.4 is 5.32 Å². The summed E-state index contributed by atoms with van der Waals surface area (Å²) in [7, 11) is 1.99. The van der Waals surface area contributed by atoms with E-state index in [0.717, 1.165) is 42.0 Å². The molecule has 26 heavy (non-hydrogen) atoms. The molecule has 0 saturated carbocycles. The van der Waals surface area contributed by atoms with E-state index in [1.807, 2.05) is 30.9 Å². The number of hydrogen-bond donors (Lipinski definition) is 1. The first-order valence-electron chi connectivity index (χ1n) is 8.79. The summed E-state index contributed by atoms with van der Waals surface area (Å²) in [5, 5.41) is 16.2. The van der Waals surface area contributed by atoms with Crippen molar-refractivity contribution in [2.45, 2.75) is 38.8 Å². The van der Waals surface area contributed by atoms with E-state index >= 15 is 0 Å². The highest BCUT2D eigenvalue weighted by atomic mass is 32.1. The smallest absolute Gasteiger partial charge is 0.210 e. The summed E-state index contributed by atoms with van der Waals surface area (Å²) in [5.41, 5.74) is 3.98. The lowest BCUT2D eigenvalue weighted by Crippen LogP contribution is -2.34. The van der Waals surface area contributed by atoms with Gasteiger partial charge >= 0.3 is 0 Å². The summed E-state index contributed by atoms with van der Waals surface area (Å²) in [6.45, 7) is 3.88. The Hall–Kier alpha value is -2.39. The van der Waals surface area contributed by atoms with E-state index in [1.165, 1.54) is 29.9 Å². The summed E-state index contributed by atoms with van der Waals surface area (Å²) < 4.78 is 1.94. The molecule has 0 aliphatic carbocycles. The molecule has 4 heterocycles. The quantitative estimate of drug-likeness (QED) is 0.739. The average molecular weight is 370 g/mol. The van der Waals surface area contributed by atoms with Gasteiger partial charge in [-0.25, -0.2) is 9.97 Å². The SMILES string of the molecule is Cc1nc(Nc2nncs2)cc([C@@H]2CCCCN2Cc2ccnn2C)n1. The highest BCUT2D eigenvalue weighted by molar-refractivity contribution is 7.13. The molecule has 0 unspecified atom stereocenters. The molecule has 3 aromatic rings. The van der Waals surface area contributed by atoms with Crippen molar-refractivity contribution in [2.75, 3.05) is 11.9 Å². The topological polar surface area (TPSA) is 84.7 Å². The number of anilines is 2. The Balaban J connectivity index is 1.59. The van der Waals surface area contributed by atoms with E-state index in [1.54, 1.807) is 5.51 Å². The van der Waals surface area contributed by atoms with Crippen LogP contribution in [-0.4, -0.2) is 41.4 Å². The number of piperidine rings is 1. The Labute approximate surface area is 156 Å². The van der Waals surface area contributed by atoms with Crippen molar-refractivity contribution in [3.63, 3.8) is 0 Å². The molecule has 0 aromatic carbocycles. The molecule has 0 radical (unpaired) electrons. The van der Waals surface area contributed by atoms with Crippen molar-refractivity contribution < 1.29 is 0 Å².